The summed E-state index contributed by atoms with van der Waals surface area (Å²) in [5, 5.41) is 24.3. The van der Waals surface area contributed by atoms with Gasteiger partial charge in [-0.2, -0.15) is 5.26 Å². The van der Waals surface area contributed by atoms with E-state index >= 15 is 0 Å². The number of carbonyl (C=O) groups excluding carboxylic acids is 1. The van der Waals surface area contributed by atoms with Crippen LogP contribution in [0, 0.1) is 18.3 Å². The number of allylic oxidation sites excluding steroid dienone is 1. The molecule has 1 aliphatic rings. The third-order valence-electron chi connectivity index (χ3n) is 2.70. The Hall–Kier alpha value is -2.82. The summed E-state index contributed by atoms with van der Waals surface area (Å²) in [6.45, 7) is 3.16. The van der Waals surface area contributed by atoms with E-state index in [-0.39, 0.29) is 11.3 Å². The summed E-state index contributed by atoms with van der Waals surface area (Å²) in [6.07, 6.45) is -1.47. The summed E-state index contributed by atoms with van der Waals surface area (Å²) in [7, 11) is 0. The first kappa shape index (κ1) is 12.6. The van der Waals surface area contributed by atoms with Crippen molar-refractivity contribution in [2.45, 2.75) is 19.9 Å². The van der Waals surface area contributed by atoms with Crippen LogP contribution in [0.2, 0.25) is 0 Å². The number of carboxylic acid groups (broad SMARTS) is 1. The topological polar surface area (TPSA) is 119 Å². The number of imide groups is 1. The normalized spacial score (nSPS) is 19.1. The molecule has 1 aromatic rings. The Morgan fingerprint density at radius 2 is 2.32 bits per heavy atom. The molecule has 0 radical (unpaired) electrons. The van der Waals surface area contributed by atoms with Gasteiger partial charge in [-0.05, 0) is 13.8 Å². The van der Waals surface area contributed by atoms with E-state index in [0.29, 0.717) is 16.4 Å². The first-order valence-electron chi connectivity index (χ1n) is 5.33. The molecule has 1 aromatic heterocycles. The fourth-order valence-electron chi connectivity index (χ4n) is 1.88. The summed E-state index contributed by atoms with van der Waals surface area (Å²) in [6, 6.07) is 1.47. The summed E-state index contributed by atoms with van der Waals surface area (Å²) >= 11 is 0. The summed E-state index contributed by atoms with van der Waals surface area (Å²) < 4.78 is 4.88. The van der Waals surface area contributed by atoms with Crippen molar-refractivity contribution in [2.75, 3.05) is 0 Å². The number of aryl methyl sites for hydroxylation is 1. The van der Waals surface area contributed by atoms with Crippen LogP contribution in [-0.4, -0.2) is 27.3 Å². The lowest BCUT2D eigenvalue weighted by Gasteiger charge is -2.31. The third-order valence-corrected chi connectivity index (χ3v) is 2.70. The number of hydrogen-bond acceptors (Lipinski definition) is 5. The highest BCUT2D eigenvalue weighted by Crippen LogP contribution is 2.32. The standard InChI is InChI=1S/C11H10N4O4/c1-5-3-8(14-19-5)9-7(4-12)6(2)13-10(16)15(9)11(17)18/h3,9H,1-2H3,(H,13,16)(H,17,18). The molecule has 8 heteroatoms. The molecule has 2 heterocycles. The minimum absolute atomic E-state index is 0.107. The van der Waals surface area contributed by atoms with Crippen LogP contribution in [0.5, 0.6) is 0 Å². The maximum atomic E-state index is 11.7. The van der Waals surface area contributed by atoms with Crippen LogP contribution in [0.15, 0.2) is 21.9 Å². The number of nitriles is 1. The molecule has 2 rings (SSSR count). The predicted molar refractivity (Wildman–Crippen MR) is 60.7 cm³/mol. The molecule has 0 fully saturated rings. The fraction of sp³-hybridized carbons (Fsp3) is 0.273. The highest BCUT2D eigenvalue weighted by Gasteiger charge is 2.40. The zero-order chi connectivity index (χ0) is 14.2. The van der Waals surface area contributed by atoms with Gasteiger partial charge < -0.3 is 14.9 Å². The van der Waals surface area contributed by atoms with Gasteiger partial charge in [0.05, 0.1) is 11.6 Å². The highest BCUT2D eigenvalue weighted by atomic mass is 16.5. The van der Waals surface area contributed by atoms with Crippen LogP contribution in [0.3, 0.4) is 0 Å². The molecule has 1 unspecified atom stereocenters. The van der Waals surface area contributed by atoms with E-state index in [1.165, 1.54) is 13.0 Å². The molecule has 98 valence electrons. The molecular formula is C11H10N4O4. The number of rotatable bonds is 1. The van der Waals surface area contributed by atoms with Crippen LogP contribution in [0.4, 0.5) is 9.59 Å². The van der Waals surface area contributed by atoms with E-state index < -0.39 is 18.2 Å². The molecule has 0 saturated heterocycles. The summed E-state index contributed by atoms with van der Waals surface area (Å²) in [5.74, 6) is 0.460. The van der Waals surface area contributed by atoms with E-state index in [1.54, 1.807) is 6.92 Å². The van der Waals surface area contributed by atoms with Gasteiger partial charge in [0.15, 0.2) is 0 Å². The lowest BCUT2D eigenvalue weighted by molar-refractivity contribution is 0.134. The molecular weight excluding hydrogens is 252 g/mol. The molecule has 8 nitrogen and oxygen atoms in total. The molecule has 0 aromatic carbocycles. The van der Waals surface area contributed by atoms with Gasteiger partial charge >= 0.3 is 12.1 Å². The number of nitrogens with one attached hydrogen (secondary N) is 1. The molecule has 0 saturated carbocycles. The molecule has 3 amide bonds. The van der Waals surface area contributed by atoms with Gasteiger partial charge in [0, 0.05) is 11.8 Å². The van der Waals surface area contributed by atoms with E-state index in [0.717, 1.165) is 0 Å². The van der Waals surface area contributed by atoms with Crippen LogP contribution < -0.4 is 5.32 Å². The van der Waals surface area contributed by atoms with Gasteiger partial charge in [0.2, 0.25) is 0 Å². The first-order chi connectivity index (χ1) is 8.95. The fourth-order valence-corrected chi connectivity index (χ4v) is 1.88. The predicted octanol–water partition coefficient (Wildman–Crippen LogP) is 1.52. The molecule has 1 aliphatic heterocycles. The lowest BCUT2D eigenvalue weighted by Crippen LogP contribution is -2.49. The average Bonchev–Trinajstić information content (AvgIpc) is 2.74. The largest absolute Gasteiger partial charge is 0.465 e. The average molecular weight is 262 g/mol. The van der Waals surface area contributed by atoms with Gasteiger partial charge in [-0.1, -0.05) is 5.16 Å². The van der Waals surface area contributed by atoms with Crippen molar-refractivity contribution in [3.63, 3.8) is 0 Å². The van der Waals surface area contributed by atoms with Gasteiger partial charge in [0.1, 0.15) is 17.5 Å². The molecule has 0 bridgehead atoms. The number of carbonyl (C=O) groups is 2. The van der Waals surface area contributed by atoms with Crippen molar-refractivity contribution >= 4 is 12.1 Å². The minimum atomic E-state index is -1.47. The Morgan fingerprint density at radius 3 is 2.79 bits per heavy atom. The van der Waals surface area contributed by atoms with Gasteiger partial charge in [-0.15, -0.1) is 0 Å². The Bertz CT molecular complexity index is 625. The second kappa shape index (κ2) is 4.45. The first-order valence-corrected chi connectivity index (χ1v) is 5.33. The summed E-state index contributed by atoms with van der Waals surface area (Å²) in [5.41, 5.74) is 0.608. The SMILES string of the molecule is CC1=C(C#N)C(c2cc(C)on2)N(C(=O)O)C(=O)N1. The monoisotopic (exact) mass is 262 g/mol. The van der Waals surface area contributed by atoms with Gasteiger partial charge in [-0.3, -0.25) is 0 Å². The van der Waals surface area contributed by atoms with Crippen LogP contribution in [-0.2, 0) is 0 Å². The number of hydrogen-bond donors (Lipinski definition) is 2. The molecule has 1 atom stereocenters. The Morgan fingerprint density at radius 1 is 1.63 bits per heavy atom. The van der Waals surface area contributed by atoms with Crippen molar-refractivity contribution in [1.29, 1.82) is 5.26 Å². The number of aromatic nitrogens is 1. The highest BCUT2D eigenvalue weighted by molar-refractivity contribution is 5.93. The quantitative estimate of drug-likeness (QED) is 0.791. The van der Waals surface area contributed by atoms with Gasteiger partial charge in [0.25, 0.3) is 0 Å². The van der Waals surface area contributed by atoms with Gasteiger partial charge in [-0.25, -0.2) is 14.5 Å². The van der Waals surface area contributed by atoms with Crippen molar-refractivity contribution in [2.24, 2.45) is 0 Å². The van der Waals surface area contributed by atoms with Crippen molar-refractivity contribution in [1.82, 2.24) is 15.4 Å². The number of amides is 3. The smallest absolute Gasteiger partial charge is 0.416 e. The minimum Gasteiger partial charge on any atom is -0.465 e. The molecule has 0 aliphatic carbocycles. The van der Waals surface area contributed by atoms with Crippen molar-refractivity contribution < 1.29 is 19.2 Å². The lowest BCUT2D eigenvalue weighted by atomic mass is 9.99. The van der Waals surface area contributed by atoms with Crippen molar-refractivity contribution in [3.8, 4) is 6.07 Å². The van der Waals surface area contributed by atoms with E-state index in [9.17, 15) is 9.59 Å². The maximum Gasteiger partial charge on any atom is 0.416 e. The second-order valence-electron chi connectivity index (χ2n) is 4.00. The zero-order valence-corrected chi connectivity index (χ0v) is 10.2. The Labute approximate surface area is 107 Å². The van der Waals surface area contributed by atoms with Crippen LogP contribution in [0.1, 0.15) is 24.4 Å². The number of nitrogens with zero attached hydrogens (tertiary/aromatic N) is 3. The second-order valence-corrected chi connectivity index (χ2v) is 4.00. The number of urea groups is 1. The van der Waals surface area contributed by atoms with Crippen LogP contribution >= 0.6 is 0 Å². The van der Waals surface area contributed by atoms with E-state index in [2.05, 4.69) is 10.5 Å². The molecule has 2 N–H and O–H groups in total. The maximum absolute atomic E-state index is 11.7. The van der Waals surface area contributed by atoms with Crippen LogP contribution in [0.25, 0.3) is 0 Å². The molecule has 19 heavy (non-hydrogen) atoms. The zero-order valence-electron chi connectivity index (χ0n) is 10.2. The van der Waals surface area contributed by atoms with E-state index in [4.69, 9.17) is 14.9 Å². The van der Waals surface area contributed by atoms with E-state index in [1.807, 2.05) is 6.07 Å². The Balaban J connectivity index is 2.60. The Kier molecular flexibility index (Phi) is 2.96. The van der Waals surface area contributed by atoms with Crippen molar-refractivity contribution in [3.05, 3.63) is 28.8 Å². The third kappa shape index (κ3) is 2.01. The summed E-state index contributed by atoms with van der Waals surface area (Å²) in [4.78, 5) is 23.4. The molecule has 0 spiro atoms.